The first kappa shape index (κ1) is 19.0. The molecule has 4 rings (SSSR count). The first-order chi connectivity index (χ1) is 13.5. The molecule has 7 nitrogen and oxygen atoms in total. The van der Waals surface area contributed by atoms with Crippen LogP contribution in [0.4, 0.5) is 5.13 Å². The second kappa shape index (κ2) is 7.62. The molecule has 28 heavy (non-hydrogen) atoms. The zero-order chi connectivity index (χ0) is 19.7. The van der Waals surface area contributed by atoms with Gasteiger partial charge in [0.15, 0.2) is 0 Å². The van der Waals surface area contributed by atoms with Gasteiger partial charge in [0.1, 0.15) is 0 Å². The van der Waals surface area contributed by atoms with Crippen molar-refractivity contribution >= 4 is 21.4 Å². The molecule has 1 atom stereocenters. The van der Waals surface area contributed by atoms with Crippen LogP contribution in [0.3, 0.4) is 0 Å². The van der Waals surface area contributed by atoms with Gasteiger partial charge in [0, 0.05) is 45.0 Å². The van der Waals surface area contributed by atoms with Gasteiger partial charge in [0.25, 0.3) is 5.56 Å². The number of hydrogen-bond acceptors (Lipinski definition) is 7. The Hall–Kier alpha value is -2.29. The summed E-state index contributed by atoms with van der Waals surface area (Å²) in [4.78, 5) is 21.5. The van der Waals surface area contributed by atoms with Crippen LogP contribution in [0.2, 0.25) is 0 Å². The van der Waals surface area contributed by atoms with Crippen LogP contribution in [-0.4, -0.2) is 56.9 Å². The highest BCUT2D eigenvalue weighted by atomic mass is 32.1. The van der Waals surface area contributed by atoms with Gasteiger partial charge < -0.3 is 10.0 Å². The number of aryl methyl sites for hydroxylation is 1. The molecule has 2 aromatic heterocycles. The zero-order valence-corrected chi connectivity index (χ0v) is 17.0. The normalized spacial score (nSPS) is 20.1. The fraction of sp³-hybridized carbons (Fsp3) is 0.450. The van der Waals surface area contributed by atoms with Crippen molar-refractivity contribution in [2.45, 2.75) is 31.9 Å². The number of hydrogen-bond donors (Lipinski definition) is 1. The summed E-state index contributed by atoms with van der Waals surface area (Å²) in [7, 11) is 1.90. The third kappa shape index (κ3) is 3.94. The summed E-state index contributed by atoms with van der Waals surface area (Å²) in [5.41, 5.74) is 1.07. The number of rotatable bonds is 6. The Balaban J connectivity index is 1.46. The number of anilines is 1. The lowest BCUT2D eigenvalue weighted by atomic mass is 10.0. The van der Waals surface area contributed by atoms with Gasteiger partial charge in [-0.25, -0.2) is 4.98 Å². The number of fused-ring (bicyclic) bond motifs is 1. The minimum atomic E-state index is -0.797. The highest BCUT2D eigenvalue weighted by molar-refractivity contribution is 7.20. The fourth-order valence-corrected chi connectivity index (χ4v) is 4.62. The van der Waals surface area contributed by atoms with E-state index in [1.54, 1.807) is 0 Å². The highest BCUT2D eigenvalue weighted by Crippen LogP contribution is 2.27. The number of nitrogens with zero attached hydrogens (tertiary/aromatic N) is 5. The second-order valence-electron chi connectivity index (χ2n) is 7.54. The lowest BCUT2D eigenvalue weighted by molar-refractivity contribution is 0.0562. The minimum absolute atomic E-state index is 0.161. The lowest BCUT2D eigenvalue weighted by Crippen LogP contribution is -2.43. The lowest BCUT2D eigenvalue weighted by Gasteiger charge is -2.28. The third-order valence-electron chi connectivity index (χ3n) is 5.17. The van der Waals surface area contributed by atoms with E-state index in [0.717, 1.165) is 18.8 Å². The Labute approximate surface area is 167 Å². The molecule has 0 bridgehead atoms. The van der Waals surface area contributed by atoms with E-state index in [1.165, 1.54) is 27.5 Å². The molecule has 3 aromatic rings. The summed E-state index contributed by atoms with van der Waals surface area (Å²) < 4.78 is 1.34. The number of likely N-dealkylation sites (tertiary alicyclic amines) is 1. The smallest absolute Gasteiger partial charge is 0.275 e. The van der Waals surface area contributed by atoms with Gasteiger partial charge in [0.05, 0.1) is 5.60 Å². The van der Waals surface area contributed by atoms with Crippen LogP contribution in [0.25, 0.3) is 4.96 Å². The van der Waals surface area contributed by atoms with Gasteiger partial charge in [-0.05, 0) is 18.4 Å². The topological polar surface area (TPSA) is 74.0 Å². The Morgan fingerprint density at radius 1 is 1.32 bits per heavy atom. The van der Waals surface area contributed by atoms with Crippen molar-refractivity contribution in [3.05, 3.63) is 58.0 Å². The molecule has 0 saturated carbocycles. The van der Waals surface area contributed by atoms with Crippen molar-refractivity contribution < 1.29 is 5.11 Å². The van der Waals surface area contributed by atoms with E-state index < -0.39 is 5.60 Å². The molecule has 1 N–H and O–H groups in total. The van der Waals surface area contributed by atoms with Crippen LogP contribution < -0.4 is 10.5 Å². The second-order valence-corrected chi connectivity index (χ2v) is 8.48. The largest absolute Gasteiger partial charge is 0.387 e. The average molecular weight is 400 g/mol. The molecule has 0 amide bonds. The molecule has 8 heteroatoms. The van der Waals surface area contributed by atoms with Gasteiger partial charge in [-0.2, -0.15) is 4.52 Å². The molecule has 0 aliphatic carbocycles. The molecule has 1 aliphatic rings. The number of β-amino-alcohol motifs (C(OH)–C–C–N with tert-alkyl or cyclic N) is 1. The van der Waals surface area contributed by atoms with Crippen LogP contribution >= 0.6 is 11.3 Å². The SMILES string of the molecule is CCc1cc(=O)n2nc(N(C)CC3(O)CCN(Cc4ccccc4)C3)sc2n1. The summed E-state index contributed by atoms with van der Waals surface area (Å²) in [6.45, 7) is 4.76. The monoisotopic (exact) mass is 399 g/mol. The maximum Gasteiger partial charge on any atom is 0.275 e. The van der Waals surface area contributed by atoms with Crippen molar-refractivity contribution in [2.75, 3.05) is 31.6 Å². The Morgan fingerprint density at radius 2 is 2.11 bits per heavy atom. The quantitative estimate of drug-likeness (QED) is 0.681. The molecule has 0 spiro atoms. The van der Waals surface area contributed by atoms with E-state index in [4.69, 9.17) is 0 Å². The van der Waals surface area contributed by atoms with Crippen molar-refractivity contribution in [1.29, 1.82) is 0 Å². The molecule has 1 saturated heterocycles. The summed E-state index contributed by atoms with van der Waals surface area (Å²) in [6.07, 6.45) is 1.43. The standard InChI is InChI=1S/C20H25N5O2S/c1-3-16-11-17(26)25-18(21-16)28-19(22-25)23(2)13-20(27)9-10-24(14-20)12-15-7-5-4-6-8-15/h4-8,11,27H,3,9-10,12-14H2,1-2H3. The number of likely N-dealkylation sites (N-methyl/N-ethyl adjacent to an activating group) is 1. The molecule has 148 valence electrons. The fourth-order valence-electron chi connectivity index (χ4n) is 3.74. The van der Waals surface area contributed by atoms with E-state index in [0.29, 0.717) is 36.0 Å². The first-order valence-electron chi connectivity index (χ1n) is 9.55. The maximum absolute atomic E-state index is 12.2. The van der Waals surface area contributed by atoms with Crippen molar-refractivity contribution in [3.8, 4) is 0 Å². The number of benzene rings is 1. The molecule has 0 radical (unpaired) electrons. The van der Waals surface area contributed by atoms with Crippen LogP contribution in [0.1, 0.15) is 24.6 Å². The summed E-state index contributed by atoms with van der Waals surface area (Å²) in [5.74, 6) is 0. The maximum atomic E-state index is 12.2. The summed E-state index contributed by atoms with van der Waals surface area (Å²) >= 11 is 1.38. The van der Waals surface area contributed by atoms with E-state index in [2.05, 4.69) is 27.1 Å². The molecule has 1 fully saturated rings. The van der Waals surface area contributed by atoms with Crippen LogP contribution in [0.15, 0.2) is 41.2 Å². The van der Waals surface area contributed by atoms with Crippen LogP contribution in [0, 0.1) is 0 Å². The van der Waals surface area contributed by atoms with Crippen LogP contribution in [0.5, 0.6) is 0 Å². The molecular weight excluding hydrogens is 374 g/mol. The predicted molar refractivity (Wildman–Crippen MR) is 111 cm³/mol. The van der Waals surface area contributed by atoms with Crippen LogP contribution in [-0.2, 0) is 13.0 Å². The molecule has 1 aliphatic heterocycles. The van der Waals surface area contributed by atoms with E-state index >= 15 is 0 Å². The van der Waals surface area contributed by atoms with Crippen molar-refractivity contribution in [1.82, 2.24) is 19.5 Å². The summed E-state index contributed by atoms with van der Waals surface area (Å²) in [5, 5.41) is 16.2. The van der Waals surface area contributed by atoms with Gasteiger partial charge in [-0.3, -0.25) is 9.69 Å². The zero-order valence-electron chi connectivity index (χ0n) is 16.2. The molecule has 1 aromatic carbocycles. The van der Waals surface area contributed by atoms with Gasteiger partial charge in [-0.1, -0.05) is 48.6 Å². The Bertz CT molecular complexity index is 1020. The van der Waals surface area contributed by atoms with E-state index in [9.17, 15) is 9.90 Å². The minimum Gasteiger partial charge on any atom is -0.387 e. The molecular formula is C20H25N5O2S. The Kier molecular flexibility index (Phi) is 5.18. The summed E-state index contributed by atoms with van der Waals surface area (Å²) in [6, 6.07) is 11.8. The van der Waals surface area contributed by atoms with E-state index in [1.807, 2.05) is 37.1 Å². The Morgan fingerprint density at radius 3 is 2.86 bits per heavy atom. The van der Waals surface area contributed by atoms with Gasteiger partial charge in [0.2, 0.25) is 10.1 Å². The number of aliphatic hydroxyl groups is 1. The van der Waals surface area contributed by atoms with Gasteiger partial charge in [-0.15, -0.1) is 5.10 Å². The molecule has 3 heterocycles. The predicted octanol–water partition coefficient (Wildman–Crippen LogP) is 1.79. The number of aromatic nitrogens is 3. The van der Waals surface area contributed by atoms with Crippen molar-refractivity contribution in [3.63, 3.8) is 0 Å². The van der Waals surface area contributed by atoms with Gasteiger partial charge >= 0.3 is 0 Å². The first-order valence-corrected chi connectivity index (χ1v) is 10.4. The highest BCUT2D eigenvalue weighted by Gasteiger charge is 2.37. The van der Waals surface area contributed by atoms with Crippen molar-refractivity contribution in [2.24, 2.45) is 0 Å². The average Bonchev–Trinajstić information content (AvgIpc) is 3.26. The molecule has 1 unspecified atom stereocenters. The third-order valence-corrected chi connectivity index (χ3v) is 6.19. The van der Waals surface area contributed by atoms with E-state index in [-0.39, 0.29) is 5.56 Å².